The fourth-order valence-electron chi connectivity index (χ4n) is 19.1. The molecule has 0 spiro atoms. The number of thiophene rings is 3. The van der Waals surface area contributed by atoms with E-state index in [4.69, 9.17) is 34.3 Å². The number of furan rings is 1. The van der Waals surface area contributed by atoms with Crippen LogP contribution >= 0.6 is 34.0 Å². The lowest BCUT2D eigenvalue weighted by Crippen LogP contribution is -1.94. The van der Waals surface area contributed by atoms with Crippen LogP contribution in [0.3, 0.4) is 0 Å². The van der Waals surface area contributed by atoms with Gasteiger partial charge in [0.05, 0.1) is 58.8 Å². The smallest absolute Gasteiger partial charge is 0.160 e. The molecule has 11 heteroatoms. The summed E-state index contributed by atoms with van der Waals surface area (Å²) in [6.07, 6.45) is 0. The summed E-state index contributed by atoms with van der Waals surface area (Å²) in [5.41, 5.74) is 34.0. The molecule has 0 atom stereocenters. The van der Waals surface area contributed by atoms with Gasteiger partial charge in [-0.3, -0.25) is 0 Å². The van der Waals surface area contributed by atoms with E-state index in [1.807, 2.05) is 42.5 Å². The lowest BCUT2D eigenvalue weighted by Gasteiger charge is -2.10. The summed E-state index contributed by atoms with van der Waals surface area (Å²) in [4.78, 5) is 31.3. The standard InChI is InChI=1S/C46H30N2S.C40H25N3S.C40H24N2OS/c1-3-11-31(12-4-1)33-21-23-35(24-22-33)37-15-9-16-38(29-37)39-17-10-18-40(30-39)46-47-43(45-44(48-46)41-19-7-8-20-42(41)49-45)36-27-25-34(26-28-36)32-13-5-2-6-14-32;1-3-13-26(14-4-1)37-39-38(32-20-8-10-24-35(32)44-39)42-40(41-37)28-16-11-15-27(25-28)30-21-12-23-34-36(30)31-19-7-9-22-33(31)43(34)29-17-5-2-6-18-29;1-3-10-25(11-4-1)27-14-9-15-30(22-27)37-39-38(42-40(41-37)26-12-5-2-6-13-26)33-21-19-29(24-36(33)44-39)28-18-20-32-31-16-7-8-17-34(31)43-35(32)23-28/h1-30H;1-25H;1-24H. The van der Waals surface area contributed by atoms with Crippen molar-refractivity contribution >= 4 is 139 Å². The molecular weight excluding hydrogens is 1720 g/mol. The van der Waals surface area contributed by atoms with Gasteiger partial charge in [0.2, 0.25) is 0 Å². The first-order valence-corrected chi connectivity index (χ1v) is 48.4. The minimum absolute atomic E-state index is 0.729. The molecule has 8 nitrogen and oxygen atoms in total. The Morgan fingerprint density at radius 3 is 1.05 bits per heavy atom. The third-order valence-electron chi connectivity index (χ3n) is 25.8. The second kappa shape index (κ2) is 35.3. The summed E-state index contributed by atoms with van der Waals surface area (Å²) in [6.45, 7) is 0. The number of hydrogen-bond acceptors (Lipinski definition) is 10. The van der Waals surface area contributed by atoms with E-state index in [1.165, 1.54) is 91.4 Å². The van der Waals surface area contributed by atoms with Crippen molar-refractivity contribution in [2.45, 2.75) is 0 Å². The molecule has 642 valence electrons. The molecule has 137 heavy (non-hydrogen) atoms. The maximum atomic E-state index is 6.20. The van der Waals surface area contributed by atoms with Gasteiger partial charge in [0, 0.05) is 90.9 Å². The van der Waals surface area contributed by atoms with Crippen LogP contribution in [-0.2, 0) is 0 Å². The highest BCUT2D eigenvalue weighted by Crippen LogP contribution is 2.48. The van der Waals surface area contributed by atoms with Crippen LogP contribution in [0, 0.1) is 0 Å². The van der Waals surface area contributed by atoms with E-state index in [-0.39, 0.29) is 0 Å². The molecule has 0 radical (unpaired) electrons. The van der Waals surface area contributed by atoms with Gasteiger partial charge in [0.15, 0.2) is 17.5 Å². The Kier molecular flexibility index (Phi) is 21.1. The van der Waals surface area contributed by atoms with Crippen molar-refractivity contribution in [3.63, 3.8) is 0 Å². The molecule has 19 aromatic carbocycles. The average Bonchev–Trinajstić information content (AvgIpc) is 1.68. The zero-order valence-corrected chi connectivity index (χ0v) is 76.3. The lowest BCUT2D eigenvalue weighted by molar-refractivity contribution is 0.669. The zero-order chi connectivity index (χ0) is 90.6. The quantitative estimate of drug-likeness (QED) is 0.107. The van der Waals surface area contributed by atoms with E-state index in [2.05, 4.69) is 441 Å². The van der Waals surface area contributed by atoms with Crippen molar-refractivity contribution in [1.82, 2.24) is 34.5 Å². The zero-order valence-electron chi connectivity index (χ0n) is 73.9. The van der Waals surface area contributed by atoms with Gasteiger partial charge >= 0.3 is 0 Å². The predicted molar refractivity (Wildman–Crippen MR) is 577 cm³/mol. The molecule has 27 rings (SSSR count). The maximum Gasteiger partial charge on any atom is 0.160 e. The van der Waals surface area contributed by atoms with Crippen LogP contribution in [0.25, 0.3) is 256 Å². The molecule has 0 unspecified atom stereocenters. The van der Waals surface area contributed by atoms with Crippen LogP contribution < -0.4 is 0 Å². The van der Waals surface area contributed by atoms with Gasteiger partial charge in [0.25, 0.3) is 0 Å². The molecular formula is C126H79N7OS3. The Labute approximate surface area is 802 Å². The topological polar surface area (TPSA) is 95.4 Å². The predicted octanol–water partition coefficient (Wildman–Crippen LogP) is 35.2. The fourth-order valence-corrected chi connectivity index (χ4v) is 22.6. The van der Waals surface area contributed by atoms with E-state index in [1.54, 1.807) is 34.0 Å². The Morgan fingerprint density at radius 2 is 0.496 bits per heavy atom. The van der Waals surface area contributed by atoms with E-state index in [9.17, 15) is 0 Å². The molecule has 0 fully saturated rings. The summed E-state index contributed by atoms with van der Waals surface area (Å²) in [7, 11) is 0. The first-order valence-electron chi connectivity index (χ1n) is 45.9. The van der Waals surface area contributed by atoms with E-state index in [0.29, 0.717) is 0 Å². The maximum absolute atomic E-state index is 6.20. The molecule has 0 amide bonds. The minimum Gasteiger partial charge on any atom is -0.456 e. The minimum atomic E-state index is 0.729. The van der Waals surface area contributed by atoms with Crippen LogP contribution in [0.2, 0.25) is 0 Å². The molecule has 0 aliphatic rings. The van der Waals surface area contributed by atoms with E-state index in [0.717, 1.165) is 165 Å². The van der Waals surface area contributed by atoms with Crippen LogP contribution in [0.1, 0.15) is 0 Å². The molecule has 0 aliphatic heterocycles. The normalized spacial score (nSPS) is 11.5. The third kappa shape index (κ3) is 15.5. The summed E-state index contributed by atoms with van der Waals surface area (Å²) in [6, 6.07) is 169. The van der Waals surface area contributed by atoms with Gasteiger partial charge < -0.3 is 8.98 Å². The largest absolute Gasteiger partial charge is 0.456 e. The van der Waals surface area contributed by atoms with E-state index < -0.39 is 0 Å². The van der Waals surface area contributed by atoms with E-state index >= 15 is 0 Å². The number of aromatic nitrogens is 7. The molecule has 0 bridgehead atoms. The number of para-hydroxylation sites is 3. The highest BCUT2D eigenvalue weighted by Gasteiger charge is 2.24. The number of rotatable bonds is 14. The van der Waals surface area contributed by atoms with Gasteiger partial charge in [-0.05, 0) is 163 Å². The van der Waals surface area contributed by atoms with Crippen molar-refractivity contribution in [3.8, 4) is 152 Å². The highest BCUT2D eigenvalue weighted by molar-refractivity contribution is 7.27. The number of hydrogen-bond donors (Lipinski definition) is 0. The van der Waals surface area contributed by atoms with Crippen molar-refractivity contribution in [1.29, 1.82) is 0 Å². The Hall–Kier alpha value is -17.3. The Morgan fingerprint density at radius 1 is 0.182 bits per heavy atom. The van der Waals surface area contributed by atoms with Crippen molar-refractivity contribution in [2.75, 3.05) is 0 Å². The van der Waals surface area contributed by atoms with Crippen molar-refractivity contribution in [3.05, 3.63) is 479 Å². The third-order valence-corrected chi connectivity index (χ3v) is 29.3. The molecule has 0 N–H and O–H groups in total. The highest BCUT2D eigenvalue weighted by atomic mass is 32.1. The van der Waals surface area contributed by atoms with Gasteiger partial charge in [-0.25, -0.2) is 29.9 Å². The first kappa shape index (κ1) is 81.7. The van der Waals surface area contributed by atoms with Gasteiger partial charge in [-0.1, -0.05) is 394 Å². The fraction of sp³-hybridized carbons (Fsp3) is 0. The second-order valence-electron chi connectivity index (χ2n) is 34.2. The number of fused-ring (bicyclic) bond motifs is 15. The monoisotopic (exact) mass is 1800 g/mol. The SMILES string of the molecule is c1ccc(-c2ccc(-c3cccc(-c4cccc(-c5nc(-c6ccc(-c7ccccc7)cc6)c6sc7ccccc7c6n5)c4)c3)cc2)cc1.c1ccc(-c2cccc(-c3nc(-c4ccccc4)nc4c3sc3cc(-c5ccc6c(c5)oc5ccccc56)ccc34)c2)cc1.c1ccc(-c2nc(-c3cccc(-c4cccc5c4c4ccccc4n5-c4ccccc4)c3)nc3c2sc2ccccc23)cc1. The molecule has 0 aliphatic carbocycles. The van der Waals surface area contributed by atoms with Crippen LogP contribution in [0.5, 0.6) is 0 Å². The number of nitrogens with zero attached hydrogens (tertiary/aromatic N) is 7. The summed E-state index contributed by atoms with van der Waals surface area (Å²) >= 11 is 5.28. The molecule has 8 heterocycles. The summed E-state index contributed by atoms with van der Waals surface area (Å²) < 4.78 is 15.5. The molecule has 8 aromatic heterocycles. The van der Waals surface area contributed by atoms with Gasteiger partial charge in [-0.15, -0.1) is 34.0 Å². The van der Waals surface area contributed by atoms with Gasteiger partial charge in [0.1, 0.15) is 11.2 Å². The molecule has 27 aromatic rings. The Balaban J connectivity index is 0.000000109. The summed E-state index contributed by atoms with van der Waals surface area (Å²) in [5, 5.41) is 8.23. The lowest BCUT2D eigenvalue weighted by atomic mass is 9.96. The second-order valence-corrected chi connectivity index (χ2v) is 37.4. The molecule has 0 saturated heterocycles. The van der Waals surface area contributed by atoms with Crippen LogP contribution in [0.4, 0.5) is 0 Å². The molecule has 0 saturated carbocycles. The van der Waals surface area contributed by atoms with Gasteiger partial charge in [-0.2, -0.15) is 0 Å². The van der Waals surface area contributed by atoms with Crippen molar-refractivity contribution in [2.24, 2.45) is 0 Å². The average molecular weight is 1800 g/mol. The van der Waals surface area contributed by atoms with Crippen LogP contribution in [0.15, 0.2) is 484 Å². The van der Waals surface area contributed by atoms with Crippen molar-refractivity contribution < 1.29 is 4.42 Å². The summed E-state index contributed by atoms with van der Waals surface area (Å²) in [5.74, 6) is 2.20. The first-order chi connectivity index (χ1) is 67.9. The van der Waals surface area contributed by atoms with Crippen LogP contribution in [-0.4, -0.2) is 34.5 Å². The number of benzene rings is 19. The Bertz CT molecular complexity index is 9260.